The monoisotopic (exact) mass is 646 g/mol. The van der Waals surface area contributed by atoms with E-state index in [4.69, 9.17) is 0 Å². The highest BCUT2D eigenvalue weighted by Gasteiger charge is 2.55. The SMILES string of the molecule is C/C(=C\c1cc(Br)ccc1O)CC[C@@H](O)C1=C(CO)C[C@H]2C(=O)N(c3ccc(Nc4ccccc4)cc3)C(=O)[C@H]2[C@H]1CO. The number of hydrogen-bond acceptors (Lipinski definition) is 7. The number of nitrogens with zero attached hydrogens (tertiary/aromatic N) is 1. The largest absolute Gasteiger partial charge is 0.507 e. The fraction of sp³-hybridized carbons (Fsp3) is 0.294. The van der Waals surface area contributed by atoms with Gasteiger partial charge < -0.3 is 25.7 Å². The Morgan fingerprint density at radius 3 is 2.40 bits per heavy atom. The molecule has 2 aliphatic rings. The number of halogens is 1. The Kier molecular flexibility index (Phi) is 9.46. The van der Waals surface area contributed by atoms with Crippen molar-refractivity contribution in [2.24, 2.45) is 17.8 Å². The minimum Gasteiger partial charge on any atom is -0.507 e. The number of amides is 2. The molecule has 0 radical (unpaired) electrons. The van der Waals surface area contributed by atoms with E-state index in [9.17, 15) is 30.0 Å². The summed E-state index contributed by atoms with van der Waals surface area (Å²) in [6.45, 7) is 1.07. The van der Waals surface area contributed by atoms with E-state index in [0.29, 0.717) is 28.8 Å². The van der Waals surface area contributed by atoms with Gasteiger partial charge in [-0.1, -0.05) is 45.8 Å². The first-order valence-corrected chi connectivity index (χ1v) is 15.1. The van der Waals surface area contributed by atoms with Crippen LogP contribution in [0.5, 0.6) is 5.75 Å². The molecule has 43 heavy (non-hydrogen) atoms. The predicted molar refractivity (Wildman–Crippen MR) is 170 cm³/mol. The molecule has 1 aliphatic heterocycles. The number of aromatic hydroxyl groups is 1. The van der Waals surface area contributed by atoms with Crippen molar-refractivity contribution in [1.29, 1.82) is 0 Å². The van der Waals surface area contributed by atoms with E-state index in [2.05, 4.69) is 21.2 Å². The van der Waals surface area contributed by atoms with Gasteiger partial charge in [0.05, 0.1) is 36.8 Å². The average molecular weight is 648 g/mol. The molecule has 0 unspecified atom stereocenters. The van der Waals surface area contributed by atoms with E-state index < -0.39 is 36.4 Å². The molecule has 0 spiro atoms. The Balaban J connectivity index is 1.33. The highest BCUT2D eigenvalue weighted by Crippen LogP contribution is 2.47. The maximum Gasteiger partial charge on any atom is 0.238 e. The zero-order valence-corrected chi connectivity index (χ0v) is 25.4. The number of aliphatic hydroxyl groups excluding tert-OH is 3. The summed E-state index contributed by atoms with van der Waals surface area (Å²) in [6, 6.07) is 21.8. The summed E-state index contributed by atoms with van der Waals surface area (Å²) >= 11 is 3.40. The predicted octanol–water partition coefficient (Wildman–Crippen LogP) is 5.55. The van der Waals surface area contributed by atoms with Gasteiger partial charge in [0.15, 0.2) is 0 Å². The number of rotatable bonds is 10. The van der Waals surface area contributed by atoms with E-state index >= 15 is 0 Å². The molecule has 0 bridgehead atoms. The number of phenolic OH excluding ortho intramolecular Hbond substituents is 1. The number of phenols is 1. The maximum atomic E-state index is 13.8. The summed E-state index contributed by atoms with van der Waals surface area (Å²) < 4.78 is 0.828. The highest BCUT2D eigenvalue weighted by atomic mass is 79.9. The van der Waals surface area contributed by atoms with E-state index in [1.54, 1.807) is 42.5 Å². The van der Waals surface area contributed by atoms with Crippen LogP contribution >= 0.6 is 15.9 Å². The number of aliphatic hydroxyl groups is 3. The summed E-state index contributed by atoms with van der Waals surface area (Å²) in [5.74, 6) is -3.01. The molecule has 1 aliphatic carbocycles. The van der Waals surface area contributed by atoms with Gasteiger partial charge in [0.1, 0.15) is 5.75 Å². The summed E-state index contributed by atoms with van der Waals surface area (Å²) in [5.41, 5.74) is 4.63. The van der Waals surface area contributed by atoms with Crippen LogP contribution in [0.15, 0.2) is 94.0 Å². The molecule has 3 aromatic rings. The lowest BCUT2D eigenvalue weighted by Gasteiger charge is -2.36. The average Bonchev–Trinajstić information content (AvgIpc) is 3.26. The Morgan fingerprint density at radius 2 is 1.72 bits per heavy atom. The number of allylic oxidation sites excluding steroid dienone is 1. The lowest BCUT2D eigenvalue weighted by atomic mass is 9.68. The van der Waals surface area contributed by atoms with Gasteiger partial charge in [-0.15, -0.1) is 0 Å². The van der Waals surface area contributed by atoms with Gasteiger partial charge in [-0.05, 0) is 91.9 Å². The van der Waals surface area contributed by atoms with Crippen molar-refractivity contribution in [2.75, 3.05) is 23.4 Å². The molecule has 4 atom stereocenters. The second-order valence-corrected chi connectivity index (χ2v) is 12.1. The first-order chi connectivity index (χ1) is 20.7. The van der Waals surface area contributed by atoms with Gasteiger partial charge in [-0.3, -0.25) is 14.5 Å². The second kappa shape index (κ2) is 13.3. The molecule has 1 fully saturated rings. The minimum absolute atomic E-state index is 0.138. The van der Waals surface area contributed by atoms with Gasteiger partial charge in [-0.2, -0.15) is 0 Å². The van der Waals surface area contributed by atoms with Crippen LogP contribution in [-0.2, 0) is 9.59 Å². The van der Waals surface area contributed by atoms with Crippen LogP contribution in [0, 0.1) is 17.8 Å². The number of para-hydroxylation sites is 1. The summed E-state index contributed by atoms with van der Waals surface area (Å²) in [6.07, 6.45) is 1.71. The van der Waals surface area contributed by atoms with Gasteiger partial charge in [-0.25, -0.2) is 0 Å². The van der Waals surface area contributed by atoms with Crippen LogP contribution in [0.1, 0.15) is 31.7 Å². The van der Waals surface area contributed by atoms with E-state index in [-0.39, 0.29) is 31.1 Å². The number of fused-ring (bicyclic) bond motifs is 1. The van der Waals surface area contributed by atoms with Gasteiger partial charge in [0.25, 0.3) is 0 Å². The Labute approximate surface area is 259 Å². The number of imide groups is 1. The summed E-state index contributed by atoms with van der Waals surface area (Å²) in [7, 11) is 0. The normalized spacial score (nSPS) is 21.3. The van der Waals surface area contributed by atoms with E-state index in [1.165, 1.54) is 4.90 Å². The second-order valence-electron chi connectivity index (χ2n) is 11.1. The number of hydrogen-bond donors (Lipinski definition) is 5. The molecule has 1 heterocycles. The van der Waals surface area contributed by atoms with Gasteiger partial charge >= 0.3 is 0 Å². The first kappa shape index (κ1) is 30.7. The zero-order valence-electron chi connectivity index (χ0n) is 23.8. The van der Waals surface area contributed by atoms with E-state index in [0.717, 1.165) is 21.4 Å². The third-order valence-corrected chi connectivity index (χ3v) is 8.82. The molecule has 224 valence electrons. The fourth-order valence-electron chi connectivity index (χ4n) is 6.24. The Bertz CT molecular complexity index is 1550. The van der Waals surface area contributed by atoms with Crippen molar-refractivity contribution < 1.29 is 30.0 Å². The maximum absolute atomic E-state index is 13.8. The quantitative estimate of drug-likeness (QED) is 0.144. The number of carbonyl (C=O) groups is 2. The zero-order chi connectivity index (χ0) is 30.7. The number of benzene rings is 3. The smallest absolute Gasteiger partial charge is 0.238 e. The van der Waals surface area contributed by atoms with Crippen LogP contribution in [0.3, 0.4) is 0 Å². The molecule has 0 aromatic heterocycles. The minimum atomic E-state index is -1.03. The Hall–Kier alpha value is -3.76. The van der Waals surface area contributed by atoms with Crippen molar-refractivity contribution in [1.82, 2.24) is 0 Å². The number of carbonyl (C=O) groups excluding carboxylic acids is 2. The standard InChI is InChI=1S/C34H35BrN2O6/c1-20(15-21-16-23(35)8-14-29(21)40)7-13-30(41)31-22(18-38)17-27-32(28(31)19-39)34(43)37(33(27)42)26-11-9-25(10-12-26)36-24-5-3-2-4-6-24/h2-6,8-12,14-16,27-28,30,32,36,38-41H,7,13,17-19H2,1H3/b20-15+/t27-,28+,30-,32-/m1/s1. The number of anilines is 3. The van der Waals surface area contributed by atoms with Crippen molar-refractivity contribution in [3.63, 3.8) is 0 Å². The molecule has 3 aromatic carbocycles. The lowest BCUT2D eigenvalue weighted by molar-refractivity contribution is -0.123. The topological polar surface area (TPSA) is 130 Å². The molecule has 2 amide bonds. The third-order valence-electron chi connectivity index (χ3n) is 8.32. The molecule has 9 heteroatoms. The van der Waals surface area contributed by atoms with Crippen molar-refractivity contribution >= 4 is 50.9 Å². The first-order valence-electron chi connectivity index (χ1n) is 14.3. The lowest BCUT2D eigenvalue weighted by Crippen LogP contribution is -2.39. The van der Waals surface area contributed by atoms with E-state index in [1.807, 2.05) is 43.3 Å². The van der Waals surface area contributed by atoms with Crippen molar-refractivity contribution in [3.05, 3.63) is 99.6 Å². The highest BCUT2D eigenvalue weighted by molar-refractivity contribution is 9.10. The van der Waals surface area contributed by atoms with Crippen molar-refractivity contribution in [2.45, 2.75) is 32.3 Å². The molecule has 0 saturated carbocycles. The molecule has 5 N–H and O–H groups in total. The van der Waals surface area contributed by atoms with Crippen LogP contribution in [-0.4, -0.2) is 51.6 Å². The fourth-order valence-corrected chi connectivity index (χ4v) is 6.62. The Morgan fingerprint density at radius 1 is 1.02 bits per heavy atom. The molecular weight excluding hydrogens is 612 g/mol. The molecule has 5 rings (SSSR count). The van der Waals surface area contributed by atoms with Gasteiger partial charge in [0, 0.05) is 27.3 Å². The molecule has 1 saturated heterocycles. The third kappa shape index (κ3) is 6.45. The van der Waals surface area contributed by atoms with Crippen LogP contribution in [0.4, 0.5) is 17.1 Å². The summed E-state index contributed by atoms with van der Waals surface area (Å²) in [4.78, 5) is 28.5. The number of nitrogens with one attached hydrogen (secondary N) is 1. The van der Waals surface area contributed by atoms with Gasteiger partial charge in [0.2, 0.25) is 11.8 Å². The molecular formula is C34H35BrN2O6. The molecule has 8 nitrogen and oxygen atoms in total. The van der Waals surface area contributed by atoms with Crippen LogP contribution < -0.4 is 10.2 Å². The van der Waals surface area contributed by atoms with Crippen molar-refractivity contribution in [3.8, 4) is 5.75 Å². The van der Waals surface area contributed by atoms with Crippen LogP contribution in [0.2, 0.25) is 0 Å². The van der Waals surface area contributed by atoms with Crippen LogP contribution in [0.25, 0.3) is 6.08 Å². The summed E-state index contributed by atoms with van der Waals surface area (Å²) in [5, 5.41) is 45.5.